The Morgan fingerprint density at radius 1 is 1.42 bits per heavy atom. The lowest BCUT2D eigenvalue weighted by Gasteiger charge is -1.89. The number of primary amides is 1. The van der Waals surface area contributed by atoms with Crippen molar-refractivity contribution >= 4 is 44.4 Å². The molecule has 5 heteroatoms. The van der Waals surface area contributed by atoms with Gasteiger partial charge in [0.2, 0.25) is 0 Å². The maximum Gasteiger partial charge on any atom is 0.260 e. The lowest BCUT2D eigenvalue weighted by atomic mass is 10.3. The van der Waals surface area contributed by atoms with E-state index in [1.54, 1.807) is 11.3 Å². The topological polar surface area (TPSA) is 69.1 Å². The Bertz CT molecular complexity index is 443. The lowest BCUT2D eigenvalue weighted by molar-refractivity contribution is 0.100. The van der Waals surface area contributed by atoms with Crippen molar-refractivity contribution in [1.82, 2.24) is 0 Å². The third-order valence-electron chi connectivity index (χ3n) is 1.60. The highest BCUT2D eigenvalue weighted by atomic mass is 32.1. The van der Waals surface area contributed by atoms with Crippen molar-refractivity contribution < 1.29 is 4.79 Å². The molecule has 0 spiro atoms. The Balaban J connectivity index is 2.78. The van der Waals surface area contributed by atoms with E-state index < -0.39 is 5.91 Å². The Morgan fingerprint density at radius 2 is 2.17 bits per heavy atom. The first-order chi connectivity index (χ1) is 5.70. The summed E-state index contributed by atoms with van der Waals surface area (Å²) in [6, 6.07) is 0. The zero-order chi connectivity index (χ0) is 8.72. The molecule has 0 unspecified atom stereocenters. The second-order valence-electron chi connectivity index (χ2n) is 2.36. The van der Waals surface area contributed by atoms with E-state index in [4.69, 9.17) is 11.5 Å². The minimum atomic E-state index is -0.446. The third kappa shape index (κ3) is 0.904. The van der Waals surface area contributed by atoms with Crippen LogP contribution in [0.4, 0.5) is 5.69 Å². The number of anilines is 1. The number of rotatable bonds is 1. The van der Waals surface area contributed by atoms with E-state index in [1.165, 1.54) is 11.3 Å². The Kier molecular flexibility index (Phi) is 1.55. The van der Waals surface area contributed by atoms with E-state index in [2.05, 4.69) is 0 Å². The fraction of sp³-hybridized carbons (Fsp3) is 0. The first-order valence-electron chi connectivity index (χ1n) is 3.24. The molecule has 12 heavy (non-hydrogen) atoms. The molecule has 1 amide bonds. The van der Waals surface area contributed by atoms with Gasteiger partial charge in [0.15, 0.2) is 0 Å². The highest BCUT2D eigenvalue weighted by Crippen LogP contribution is 2.35. The summed E-state index contributed by atoms with van der Waals surface area (Å²) >= 11 is 2.92. The molecule has 2 rings (SSSR count). The monoisotopic (exact) mass is 198 g/mol. The van der Waals surface area contributed by atoms with Gasteiger partial charge in [-0.1, -0.05) is 0 Å². The van der Waals surface area contributed by atoms with E-state index in [-0.39, 0.29) is 0 Å². The van der Waals surface area contributed by atoms with Crippen LogP contribution in [0.5, 0.6) is 0 Å². The fourth-order valence-corrected chi connectivity index (χ4v) is 2.99. The number of carbonyl (C=O) groups is 1. The maximum absolute atomic E-state index is 10.8. The predicted octanol–water partition coefficient (Wildman–Crippen LogP) is 1.64. The van der Waals surface area contributed by atoms with E-state index in [9.17, 15) is 4.79 Å². The van der Waals surface area contributed by atoms with Crippen LogP contribution in [0, 0.1) is 0 Å². The predicted molar refractivity (Wildman–Crippen MR) is 52.6 cm³/mol. The first kappa shape index (κ1) is 7.57. The van der Waals surface area contributed by atoms with Crippen LogP contribution in [-0.2, 0) is 0 Å². The summed E-state index contributed by atoms with van der Waals surface area (Å²) in [6.07, 6.45) is 0. The smallest absolute Gasteiger partial charge is 0.260 e. The number of amides is 1. The van der Waals surface area contributed by atoms with Crippen LogP contribution in [-0.4, -0.2) is 5.91 Å². The molecule has 0 aliphatic carbocycles. The van der Waals surface area contributed by atoms with Crippen LogP contribution >= 0.6 is 22.7 Å². The Hall–Kier alpha value is -1.07. The molecule has 0 bridgehead atoms. The van der Waals surface area contributed by atoms with Gasteiger partial charge >= 0.3 is 0 Å². The van der Waals surface area contributed by atoms with Crippen LogP contribution < -0.4 is 11.5 Å². The van der Waals surface area contributed by atoms with Crippen molar-refractivity contribution in [1.29, 1.82) is 0 Å². The van der Waals surface area contributed by atoms with Gasteiger partial charge in [-0.15, -0.1) is 11.3 Å². The molecule has 0 saturated carbocycles. The minimum absolute atomic E-state index is 0.446. The van der Waals surface area contributed by atoms with Crippen LogP contribution in [0.25, 0.3) is 10.1 Å². The molecule has 4 N–H and O–H groups in total. The van der Waals surface area contributed by atoms with Gasteiger partial charge in [0.1, 0.15) is 4.88 Å². The van der Waals surface area contributed by atoms with Crippen molar-refractivity contribution in [2.45, 2.75) is 0 Å². The number of nitrogen functional groups attached to an aromatic ring is 1. The zero-order valence-electron chi connectivity index (χ0n) is 6.03. The summed E-state index contributed by atoms with van der Waals surface area (Å²) in [5.41, 5.74) is 11.4. The number of hydrogen-bond donors (Lipinski definition) is 2. The normalized spacial score (nSPS) is 10.7. The third-order valence-corrected chi connectivity index (χ3v) is 3.67. The van der Waals surface area contributed by atoms with Crippen molar-refractivity contribution in [2.75, 3.05) is 5.73 Å². The van der Waals surface area contributed by atoms with E-state index in [0.717, 1.165) is 10.1 Å². The molecule has 62 valence electrons. The van der Waals surface area contributed by atoms with E-state index in [0.29, 0.717) is 10.6 Å². The molecule has 0 aliphatic heterocycles. The summed E-state index contributed by atoms with van der Waals surface area (Å²) in [5.74, 6) is -0.446. The largest absolute Gasteiger partial charge is 0.397 e. The Labute approximate surface area is 76.6 Å². The first-order valence-corrected chi connectivity index (χ1v) is 5.00. The zero-order valence-corrected chi connectivity index (χ0v) is 7.67. The molecule has 2 aromatic rings. The van der Waals surface area contributed by atoms with Gasteiger partial charge in [0.05, 0.1) is 5.69 Å². The summed E-state index contributed by atoms with van der Waals surface area (Å²) in [4.78, 5) is 11.3. The summed E-state index contributed by atoms with van der Waals surface area (Å²) < 4.78 is 1.03. The number of thiophene rings is 2. The molecule has 2 heterocycles. The summed E-state index contributed by atoms with van der Waals surface area (Å²) in [6.45, 7) is 0. The van der Waals surface area contributed by atoms with Crippen molar-refractivity contribution in [2.24, 2.45) is 5.73 Å². The molecule has 0 aromatic carbocycles. The van der Waals surface area contributed by atoms with Crippen molar-refractivity contribution in [3.63, 3.8) is 0 Å². The quantitative estimate of drug-likeness (QED) is 0.731. The molecule has 0 fully saturated rings. The van der Waals surface area contributed by atoms with Gasteiger partial charge < -0.3 is 11.5 Å². The van der Waals surface area contributed by atoms with Gasteiger partial charge in [0, 0.05) is 20.8 Å². The lowest BCUT2D eigenvalue weighted by Crippen LogP contribution is -2.10. The molecule has 0 saturated heterocycles. The molecule has 3 nitrogen and oxygen atoms in total. The van der Waals surface area contributed by atoms with E-state index in [1.807, 2.05) is 10.8 Å². The summed E-state index contributed by atoms with van der Waals surface area (Å²) in [7, 11) is 0. The molecule has 2 aromatic heterocycles. The highest BCUT2D eigenvalue weighted by molar-refractivity contribution is 7.24. The van der Waals surface area contributed by atoms with Gasteiger partial charge in [-0.2, -0.15) is 11.3 Å². The number of fused-ring (bicyclic) bond motifs is 1. The van der Waals surface area contributed by atoms with E-state index >= 15 is 0 Å². The minimum Gasteiger partial charge on any atom is -0.397 e. The molecular formula is C7H6N2OS2. The standard InChI is InChI=1S/C7H6N2OS2/c8-5-3-1-11-2-4(3)12-6(5)7(9)10/h1-2H,8H2,(H2,9,10). The van der Waals surface area contributed by atoms with Gasteiger partial charge in [-0.05, 0) is 0 Å². The highest BCUT2D eigenvalue weighted by Gasteiger charge is 2.13. The van der Waals surface area contributed by atoms with Crippen LogP contribution in [0.2, 0.25) is 0 Å². The van der Waals surface area contributed by atoms with Crippen LogP contribution in [0.3, 0.4) is 0 Å². The van der Waals surface area contributed by atoms with Gasteiger partial charge in [-0.3, -0.25) is 4.79 Å². The van der Waals surface area contributed by atoms with Gasteiger partial charge in [-0.25, -0.2) is 0 Å². The fourth-order valence-electron chi connectivity index (χ4n) is 1.03. The summed E-state index contributed by atoms with van der Waals surface area (Å²) in [5, 5.41) is 4.83. The second kappa shape index (κ2) is 2.46. The Morgan fingerprint density at radius 3 is 2.75 bits per heavy atom. The maximum atomic E-state index is 10.8. The number of nitrogens with two attached hydrogens (primary N) is 2. The van der Waals surface area contributed by atoms with Crippen LogP contribution in [0.15, 0.2) is 10.8 Å². The second-order valence-corrected chi connectivity index (χ2v) is 4.15. The number of hydrogen-bond acceptors (Lipinski definition) is 4. The SMILES string of the molecule is NC(=O)c1sc2cscc2c1N. The van der Waals surface area contributed by atoms with Crippen molar-refractivity contribution in [3.05, 3.63) is 15.6 Å². The molecule has 0 atom stereocenters. The van der Waals surface area contributed by atoms with Crippen LogP contribution in [0.1, 0.15) is 9.67 Å². The molecule has 0 aliphatic rings. The molecular weight excluding hydrogens is 192 g/mol. The van der Waals surface area contributed by atoms with Crippen molar-refractivity contribution in [3.8, 4) is 0 Å². The average Bonchev–Trinajstić information content (AvgIpc) is 2.53. The average molecular weight is 198 g/mol. The number of carbonyl (C=O) groups excluding carboxylic acids is 1. The molecule has 0 radical (unpaired) electrons. The van der Waals surface area contributed by atoms with Gasteiger partial charge in [0.25, 0.3) is 5.91 Å².